The van der Waals surface area contributed by atoms with E-state index in [0.717, 1.165) is 5.56 Å². The number of anilines is 1. The summed E-state index contributed by atoms with van der Waals surface area (Å²) >= 11 is 0. The Morgan fingerprint density at radius 1 is 1.35 bits per heavy atom. The first kappa shape index (κ1) is 15.4. The van der Waals surface area contributed by atoms with Gasteiger partial charge in [-0.2, -0.15) is 0 Å². The van der Waals surface area contributed by atoms with Crippen molar-refractivity contribution >= 4 is 23.3 Å². The average Bonchev–Trinajstić information content (AvgIpc) is 3.29. The molecule has 0 saturated heterocycles. The third-order valence-electron chi connectivity index (χ3n) is 3.92. The Labute approximate surface area is 131 Å². The number of rotatable bonds is 4. The summed E-state index contributed by atoms with van der Waals surface area (Å²) in [6.07, 6.45) is -2.14. The summed E-state index contributed by atoms with van der Waals surface area (Å²) in [7, 11) is 0. The van der Waals surface area contributed by atoms with Gasteiger partial charge in [0.1, 0.15) is 12.1 Å². The molecule has 1 fully saturated rings. The molecule has 0 unspecified atom stereocenters. The SMILES string of the molecule is Cc1ccc(N2NC(C(=O)NC3(C(F)F)CC3)=NCC2=O)cc1. The van der Waals surface area contributed by atoms with Crippen LogP contribution >= 0.6 is 0 Å². The van der Waals surface area contributed by atoms with Gasteiger partial charge in [0.15, 0.2) is 0 Å². The molecule has 2 N–H and O–H groups in total. The minimum Gasteiger partial charge on any atom is -0.338 e. The summed E-state index contributed by atoms with van der Waals surface area (Å²) < 4.78 is 25.8. The maximum Gasteiger partial charge on any atom is 0.288 e. The highest BCUT2D eigenvalue weighted by atomic mass is 19.3. The van der Waals surface area contributed by atoms with E-state index in [9.17, 15) is 18.4 Å². The molecular formula is C15H16F2N4O2. The summed E-state index contributed by atoms with van der Waals surface area (Å²) in [5, 5.41) is 3.51. The third kappa shape index (κ3) is 3.01. The number of amides is 2. The number of hydrazine groups is 1. The molecule has 2 aliphatic rings. The fourth-order valence-corrected chi connectivity index (χ4v) is 2.26. The molecule has 1 aromatic rings. The minimum atomic E-state index is -2.62. The van der Waals surface area contributed by atoms with Crippen LogP contribution in [0.1, 0.15) is 18.4 Å². The highest BCUT2D eigenvalue weighted by Crippen LogP contribution is 2.40. The van der Waals surface area contributed by atoms with E-state index in [2.05, 4.69) is 15.7 Å². The standard InChI is InChI=1S/C15H16F2N4O2/c1-9-2-4-10(5-3-9)21-11(22)8-18-12(20-21)13(23)19-15(6-7-15)14(16)17/h2-5,14H,6-8H2,1H3,(H,18,20)(H,19,23). The van der Waals surface area contributed by atoms with Crippen molar-refractivity contribution in [3.63, 3.8) is 0 Å². The lowest BCUT2D eigenvalue weighted by molar-refractivity contribution is -0.118. The molecule has 0 radical (unpaired) electrons. The molecule has 1 aliphatic carbocycles. The van der Waals surface area contributed by atoms with Gasteiger partial charge in [0, 0.05) is 0 Å². The number of benzene rings is 1. The Kier molecular flexibility index (Phi) is 3.75. The molecule has 0 aromatic heterocycles. The molecule has 0 bridgehead atoms. The van der Waals surface area contributed by atoms with Gasteiger partial charge in [-0.05, 0) is 31.9 Å². The Morgan fingerprint density at radius 3 is 2.57 bits per heavy atom. The van der Waals surface area contributed by atoms with Crippen LogP contribution in [0, 0.1) is 6.92 Å². The van der Waals surface area contributed by atoms with E-state index in [0.29, 0.717) is 5.69 Å². The van der Waals surface area contributed by atoms with Gasteiger partial charge in [-0.1, -0.05) is 17.7 Å². The number of aryl methyl sites for hydroxylation is 1. The maximum absolute atomic E-state index is 12.9. The average molecular weight is 322 g/mol. The molecule has 1 aliphatic heterocycles. The number of halogens is 2. The van der Waals surface area contributed by atoms with E-state index in [1.807, 2.05) is 19.1 Å². The van der Waals surface area contributed by atoms with Gasteiger partial charge in [-0.15, -0.1) is 0 Å². The summed E-state index contributed by atoms with van der Waals surface area (Å²) in [6, 6.07) is 7.10. The predicted molar refractivity (Wildman–Crippen MR) is 80.2 cm³/mol. The van der Waals surface area contributed by atoms with Crippen LogP contribution in [0.25, 0.3) is 0 Å². The van der Waals surface area contributed by atoms with Crippen molar-refractivity contribution in [2.24, 2.45) is 4.99 Å². The largest absolute Gasteiger partial charge is 0.338 e. The molecule has 1 saturated carbocycles. The number of aliphatic imine (C=N–C) groups is 1. The second-order valence-corrected chi connectivity index (χ2v) is 5.75. The van der Waals surface area contributed by atoms with Crippen LogP contribution in [-0.4, -0.2) is 36.2 Å². The monoisotopic (exact) mass is 322 g/mol. The second kappa shape index (κ2) is 5.60. The van der Waals surface area contributed by atoms with E-state index in [1.165, 1.54) is 5.01 Å². The van der Waals surface area contributed by atoms with Crippen molar-refractivity contribution in [2.45, 2.75) is 31.7 Å². The van der Waals surface area contributed by atoms with Gasteiger partial charge in [-0.25, -0.2) is 13.8 Å². The van der Waals surface area contributed by atoms with E-state index in [1.54, 1.807) is 12.1 Å². The normalized spacial score (nSPS) is 19.2. The smallest absolute Gasteiger partial charge is 0.288 e. The summed E-state index contributed by atoms with van der Waals surface area (Å²) in [6.45, 7) is 1.69. The van der Waals surface area contributed by atoms with Crippen LogP contribution in [-0.2, 0) is 9.59 Å². The van der Waals surface area contributed by atoms with Crippen molar-refractivity contribution in [3.05, 3.63) is 29.8 Å². The second-order valence-electron chi connectivity index (χ2n) is 5.75. The topological polar surface area (TPSA) is 73.8 Å². The van der Waals surface area contributed by atoms with Crippen LogP contribution in [0.3, 0.4) is 0 Å². The van der Waals surface area contributed by atoms with Crippen molar-refractivity contribution < 1.29 is 18.4 Å². The van der Waals surface area contributed by atoms with E-state index < -0.39 is 17.9 Å². The number of nitrogens with zero attached hydrogens (tertiary/aromatic N) is 2. The molecule has 1 aromatic carbocycles. The third-order valence-corrected chi connectivity index (χ3v) is 3.92. The number of hydrogen-bond acceptors (Lipinski definition) is 4. The van der Waals surface area contributed by atoms with Crippen LogP contribution in [0.2, 0.25) is 0 Å². The summed E-state index contributed by atoms with van der Waals surface area (Å²) in [4.78, 5) is 27.9. The number of amidine groups is 1. The first-order valence-electron chi connectivity index (χ1n) is 7.23. The number of alkyl halides is 2. The Bertz CT molecular complexity index is 669. The quantitative estimate of drug-likeness (QED) is 0.873. The first-order chi connectivity index (χ1) is 10.9. The van der Waals surface area contributed by atoms with Crippen LogP contribution in [0.4, 0.5) is 14.5 Å². The molecular weight excluding hydrogens is 306 g/mol. The molecule has 8 heteroatoms. The van der Waals surface area contributed by atoms with Gasteiger partial charge in [-0.3, -0.25) is 20.0 Å². The summed E-state index contributed by atoms with van der Waals surface area (Å²) in [5.41, 5.74) is 2.73. The van der Waals surface area contributed by atoms with E-state index >= 15 is 0 Å². The van der Waals surface area contributed by atoms with Crippen LogP contribution in [0.15, 0.2) is 29.3 Å². The minimum absolute atomic E-state index is 0.142. The molecule has 6 nitrogen and oxygen atoms in total. The molecule has 1 heterocycles. The first-order valence-corrected chi connectivity index (χ1v) is 7.23. The molecule has 122 valence electrons. The Morgan fingerprint density at radius 2 is 2.00 bits per heavy atom. The number of carbonyl (C=O) groups is 2. The highest BCUT2D eigenvalue weighted by molar-refractivity contribution is 6.39. The molecule has 2 amide bonds. The molecule has 0 spiro atoms. The fourth-order valence-electron chi connectivity index (χ4n) is 2.26. The maximum atomic E-state index is 12.9. The molecule has 0 atom stereocenters. The van der Waals surface area contributed by atoms with Crippen molar-refractivity contribution in [1.29, 1.82) is 0 Å². The molecule has 23 heavy (non-hydrogen) atoms. The van der Waals surface area contributed by atoms with Crippen molar-refractivity contribution in [2.75, 3.05) is 11.6 Å². The Hall–Kier alpha value is -2.51. The van der Waals surface area contributed by atoms with Gasteiger partial charge in [0.25, 0.3) is 18.2 Å². The zero-order chi connectivity index (χ0) is 16.6. The van der Waals surface area contributed by atoms with Gasteiger partial charge in [0.05, 0.1) is 5.69 Å². The van der Waals surface area contributed by atoms with Crippen LogP contribution in [0.5, 0.6) is 0 Å². The zero-order valence-electron chi connectivity index (χ0n) is 12.5. The number of nitrogens with one attached hydrogen (secondary N) is 2. The van der Waals surface area contributed by atoms with Gasteiger partial charge >= 0.3 is 0 Å². The number of carbonyl (C=O) groups excluding carboxylic acids is 2. The van der Waals surface area contributed by atoms with E-state index in [-0.39, 0.29) is 31.1 Å². The van der Waals surface area contributed by atoms with Crippen molar-refractivity contribution in [3.8, 4) is 0 Å². The van der Waals surface area contributed by atoms with Crippen LogP contribution < -0.4 is 15.8 Å². The lowest BCUT2D eigenvalue weighted by Gasteiger charge is -2.28. The Balaban J connectivity index is 1.73. The lowest BCUT2D eigenvalue weighted by atomic mass is 10.2. The predicted octanol–water partition coefficient (Wildman–Crippen LogP) is 1.16. The lowest BCUT2D eigenvalue weighted by Crippen LogP contribution is -2.57. The van der Waals surface area contributed by atoms with E-state index in [4.69, 9.17) is 0 Å². The zero-order valence-corrected chi connectivity index (χ0v) is 12.5. The highest BCUT2D eigenvalue weighted by Gasteiger charge is 2.53. The van der Waals surface area contributed by atoms with Gasteiger partial charge in [0.2, 0.25) is 5.84 Å². The fraction of sp³-hybridized carbons (Fsp3) is 0.400. The molecule has 3 rings (SSSR count). The summed E-state index contributed by atoms with van der Waals surface area (Å²) in [5.74, 6) is -1.20. The van der Waals surface area contributed by atoms with Crippen molar-refractivity contribution in [1.82, 2.24) is 10.7 Å². The van der Waals surface area contributed by atoms with Gasteiger partial charge < -0.3 is 5.32 Å². The number of hydrogen-bond donors (Lipinski definition) is 2.